The number of nitrogens with one attached hydrogen (secondary N) is 1. The number of rotatable bonds is 4. The van der Waals surface area contributed by atoms with Crippen LogP contribution in [0.25, 0.3) is 0 Å². The van der Waals surface area contributed by atoms with Gasteiger partial charge in [0, 0.05) is 18.8 Å². The SMILES string of the molecule is Cc1noc(C)c1S(=O)(=O)N1CCCC(C(=O)Nc2ccc(C#N)cc2)C1. The molecule has 1 aliphatic rings. The molecule has 1 aromatic heterocycles. The quantitative estimate of drug-likeness (QED) is 0.858. The third-order valence-corrected chi connectivity index (χ3v) is 6.71. The van der Waals surface area contributed by atoms with E-state index in [9.17, 15) is 13.2 Å². The van der Waals surface area contributed by atoms with E-state index < -0.39 is 15.9 Å². The van der Waals surface area contributed by atoms with Gasteiger partial charge in [-0.15, -0.1) is 0 Å². The molecule has 1 aromatic carbocycles. The molecule has 8 nitrogen and oxygen atoms in total. The Morgan fingerprint density at radius 2 is 2.04 bits per heavy atom. The Morgan fingerprint density at radius 3 is 2.63 bits per heavy atom. The van der Waals surface area contributed by atoms with Crippen molar-refractivity contribution >= 4 is 21.6 Å². The van der Waals surface area contributed by atoms with Crippen molar-refractivity contribution in [3.05, 3.63) is 41.3 Å². The lowest BCUT2D eigenvalue weighted by molar-refractivity contribution is -0.120. The lowest BCUT2D eigenvalue weighted by atomic mass is 9.98. The van der Waals surface area contributed by atoms with Crippen LogP contribution in [-0.4, -0.2) is 36.9 Å². The molecule has 142 valence electrons. The fourth-order valence-corrected chi connectivity index (χ4v) is 5.03. The molecule has 0 radical (unpaired) electrons. The summed E-state index contributed by atoms with van der Waals surface area (Å²) in [6.07, 6.45) is 1.20. The van der Waals surface area contributed by atoms with Gasteiger partial charge < -0.3 is 9.84 Å². The van der Waals surface area contributed by atoms with Gasteiger partial charge >= 0.3 is 0 Å². The van der Waals surface area contributed by atoms with Crippen molar-refractivity contribution in [2.24, 2.45) is 5.92 Å². The largest absolute Gasteiger partial charge is 0.360 e. The Bertz CT molecular complexity index is 970. The summed E-state index contributed by atoms with van der Waals surface area (Å²) in [7, 11) is -3.77. The highest BCUT2D eigenvalue weighted by atomic mass is 32.2. The molecule has 1 aliphatic heterocycles. The van der Waals surface area contributed by atoms with E-state index in [-0.39, 0.29) is 23.1 Å². The molecule has 0 saturated carbocycles. The van der Waals surface area contributed by atoms with E-state index in [2.05, 4.69) is 10.5 Å². The molecular formula is C18H20N4O4S. The smallest absolute Gasteiger partial charge is 0.248 e. The van der Waals surface area contributed by atoms with Crippen LogP contribution in [0.5, 0.6) is 0 Å². The van der Waals surface area contributed by atoms with Gasteiger partial charge in [0.15, 0.2) is 5.76 Å². The van der Waals surface area contributed by atoms with Crippen LogP contribution < -0.4 is 5.32 Å². The first-order valence-corrected chi connectivity index (χ1v) is 10.0. The Morgan fingerprint density at radius 1 is 1.33 bits per heavy atom. The van der Waals surface area contributed by atoms with Crippen LogP contribution in [0.4, 0.5) is 5.69 Å². The summed E-state index contributed by atoms with van der Waals surface area (Å²) in [5, 5.41) is 15.3. The van der Waals surface area contributed by atoms with E-state index in [4.69, 9.17) is 9.78 Å². The number of carbonyl (C=O) groups excluding carboxylic acids is 1. The molecule has 2 heterocycles. The summed E-state index contributed by atoms with van der Waals surface area (Å²) in [6.45, 7) is 3.61. The van der Waals surface area contributed by atoms with Gasteiger partial charge in [-0.25, -0.2) is 8.42 Å². The molecule has 27 heavy (non-hydrogen) atoms. The molecule has 1 atom stereocenters. The number of carbonyl (C=O) groups is 1. The molecule has 1 saturated heterocycles. The third kappa shape index (κ3) is 3.86. The minimum Gasteiger partial charge on any atom is -0.360 e. The second kappa shape index (κ2) is 7.50. The highest BCUT2D eigenvalue weighted by Crippen LogP contribution is 2.28. The molecule has 1 fully saturated rings. The summed E-state index contributed by atoms with van der Waals surface area (Å²) in [5.41, 5.74) is 1.39. The van der Waals surface area contributed by atoms with Gasteiger partial charge in [0.25, 0.3) is 0 Å². The van der Waals surface area contributed by atoms with Crippen LogP contribution in [0.1, 0.15) is 29.9 Å². The average Bonchev–Trinajstić information content (AvgIpc) is 3.01. The number of sulfonamides is 1. The number of aromatic nitrogens is 1. The summed E-state index contributed by atoms with van der Waals surface area (Å²) in [5.74, 6) is -0.445. The minimum atomic E-state index is -3.77. The summed E-state index contributed by atoms with van der Waals surface area (Å²) in [6, 6.07) is 8.55. The first kappa shape index (κ1) is 19.1. The maximum absolute atomic E-state index is 13.0. The van der Waals surface area contributed by atoms with E-state index in [1.54, 1.807) is 38.1 Å². The monoisotopic (exact) mass is 388 g/mol. The molecular weight excluding hydrogens is 368 g/mol. The van der Waals surface area contributed by atoms with Crippen molar-refractivity contribution in [1.82, 2.24) is 9.46 Å². The number of nitrogens with zero attached hydrogens (tertiary/aromatic N) is 3. The number of piperidine rings is 1. The number of hydrogen-bond donors (Lipinski definition) is 1. The number of nitriles is 1. The number of hydrogen-bond acceptors (Lipinski definition) is 6. The third-order valence-electron chi connectivity index (χ3n) is 4.60. The van der Waals surface area contributed by atoms with Gasteiger partial charge in [-0.3, -0.25) is 4.79 Å². The van der Waals surface area contributed by atoms with Crippen LogP contribution in [-0.2, 0) is 14.8 Å². The van der Waals surface area contributed by atoms with E-state index in [1.165, 1.54) is 4.31 Å². The van der Waals surface area contributed by atoms with Crippen molar-refractivity contribution in [2.45, 2.75) is 31.6 Å². The topological polar surface area (TPSA) is 116 Å². The van der Waals surface area contributed by atoms with Crippen molar-refractivity contribution < 1.29 is 17.7 Å². The van der Waals surface area contributed by atoms with Gasteiger partial charge in [-0.2, -0.15) is 9.57 Å². The molecule has 9 heteroatoms. The fourth-order valence-electron chi connectivity index (χ4n) is 3.22. The predicted molar refractivity (Wildman–Crippen MR) is 97.2 cm³/mol. The van der Waals surface area contributed by atoms with Gasteiger partial charge in [0.1, 0.15) is 10.6 Å². The number of anilines is 1. The maximum atomic E-state index is 13.0. The first-order chi connectivity index (χ1) is 12.8. The van der Waals surface area contributed by atoms with E-state index >= 15 is 0 Å². The number of amides is 1. The highest BCUT2D eigenvalue weighted by Gasteiger charge is 2.36. The number of aryl methyl sites for hydroxylation is 2. The standard InChI is InChI=1S/C18H20N4O4S/c1-12-17(13(2)26-21-12)27(24,25)22-9-3-4-15(11-22)18(23)20-16-7-5-14(10-19)6-8-16/h5-8,15H,3-4,9,11H2,1-2H3,(H,20,23). The van der Waals surface area contributed by atoms with Crippen molar-refractivity contribution in [3.63, 3.8) is 0 Å². The van der Waals surface area contributed by atoms with Crippen LogP contribution in [0.15, 0.2) is 33.7 Å². The van der Waals surface area contributed by atoms with Gasteiger partial charge in [0.2, 0.25) is 15.9 Å². The van der Waals surface area contributed by atoms with Crippen molar-refractivity contribution in [3.8, 4) is 6.07 Å². The lowest BCUT2D eigenvalue weighted by Gasteiger charge is -2.31. The molecule has 0 bridgehead atoms. The molecule has 1 amide bonds. The van der Waals surface area contributed by atoms with Crippen molar-refractivity contribution in [2.75, 3.05) is 18.4 Å². The second-order valence-corrected chi connectivity index (χ2v) is 8.41. The Kier molecular flexibility index (Phi) is 5.30. The highest BCUT2D eigenvalue weighted by molar-refractivity contribution is 7.89. The summed E-state index contributed by atoms with van der Waals surface area (Å²) < 4.78 is 32.2. The van der Waals surface area contributed by atoms with Gasteiger partial charge in [0.05, 0.1) is 17.6 Å². The normalized spacial score (nSPS) is 18.0. The van der Waals surface area contributed by atoms with E-state index in [0.717, 1.165) is 0 Å². The molecule has 0 spiro atoms. The maximum Gasteiger partial charge on any atom is 0.248 e. The molecule has 1 unspecified atom stereocenters. The van der Waals surface area contributed by atoms with Crippen LogP contribution in [0.3, 0.4) is 0 Å². The Hall–Kier alpha value is -2.70. The van der Waals surface area contributed by atoms with Crippen LogP contribution in [0.2, 0.25) is 0 Å². The molecule has 0 aliphatic carbocycles. The Balaban J connectivity index is 1.73. The molecule has 1 N–H and O–H groups in total. The summed E-state index contributed by atoms with van der Waals surface area (Å²) in [4.78, 5) is 12.7. The second-order valence-electron chi connectivity index (χ2n) is 6.53. The molecule has 2 aromatic rings. The Labute approximate surface area is 157 Å². The number of benzene rings is 1. The zero-order valence-electron chi connectivity index (χ0n) is 15.1. The lowest BCUT2D eigenvalue weighted by Crippen LogP contribution is -2.43. The molecule has 3 rings (SSSR count). The van der Waals surface area contributed by atoms with Gasteiger partial charge in [-0.1, -0.05) is 5.16 Å². The predicted octanol–water partition coefficient (Wildman–Crippen LogP) is 2.20. The van der Waals surface area contributed by atoms with E-state index in [1.807, 2.05) is 6.07 Å². The first-order valence-electron chi connectivity index (χ1n) is 8.57. The average molecular weight is 388 g/mol. The van der Waals surface area contributed by atoms with E-state index in [0.29, 0.717) is 36.3 Å². The zero-order chi connectivity index (χ0) is 19.6. The van der Waals surface area contributed by atoms with Crippen LogP contribution in [0, 0.1) is 31.1 Å². The van der Waals surface area contributed by atoms with Crippen LogP contribution >= 0.6 is 0 Å². The zero-order valence-corrected chi connectivity index (χ0v) is 15.9. The minimum absolute atomic E-state index is 0.0793. The van der Waals surface area contributed by atoms with Gasteiger partial charge in [-0.05, 0) is 51.0 Å². The fraction of sp³-hybridized carbons (Fsp3) is 0.389. The van der Waals surface area contributed by atoms with Crippen molar-refractivity contribution in [1.29, 1.82) is 5.26 Å². The summed E-state index contributed by atoms with van der Waals surface area (Å²) >= 11 is 0.